The Morgan fingerprint density at radius 1 is 1.50 bits per heavy atom. The second-order valence-corrected chi connectivity index (χ2v) is 4.80. The standard InChI is InChI=1S/C12H17ClO5/c1-3-18-11(16)12(6-4-5-9(12)14)7-8(13)10(15)17-2/h8H,3-7H2,1-2H3. The third kappa shape index (κ3) is 2.83. The van der Waals surface area contributed by atoms with Crippen LogP contribution in [0, 0.1) is 5.41 Å². The zero-order chi connectivity index (χ0) is 13.8. The molecule has 0 amide bonds. The van der Waals surface area contributed by atoms with Gasteiger partial charge in [0.15, 0.2) is 0 Å². The van der Waals surface area contributed by atoms with E-state index in [0.29, 0.717) is 19.3 Å². The minimum absolute atomic E-state index is 0.0567. The molecule has 1 saturated carbocycles. The minimum atomic E-state index is -1.27. The van der Waals surface area contributed by atoms with E-state index in [1.807, 2.05) is 0 Å². The summed E-state index contributed by atoms with van der Waals surface area (Å²) >= 11 is 5.88. The maximum absolute atomic E-state index is 12.0. The van der Waals surface area contributed by atoms with Crippen molar-refractivity contribution >= 4 is 29.3 Å². The van der Waals surface area contributed by atoms with Crippen molar-refractivity contribution < 1.29 is 23.9 Å². The molecule has 2 unspecified atom stereocenters. The normalized spacial score (nSPS) is 24.7. The summed E-state index contributed by atoms with van der Waals surface area (Å²) in [5, 5.41) is -1.01. The fourth-order valence-electron chi connectivity index (χ4n) is 2.23. The largest absolute Gasteiger partial charge is 0.468 e. The molecule has 5 nitrogen and oxygen atoms in total. The van der Waals surface area contributed by atoms with Crippen LogP contribution in [0.4, 0.5) is 0 Å². The monoisotopic (exact) mass is 276 g/mol. The van der Waals surface area contributed by atoms with Crippen LogP contribution < -0.4 is 0 Å². The summed E-state index contributed by atoms with van der Waals surface area (Å²) in [6, 6.07) is 0. The van der Waals surface area contributed by atoms with Crippen LogP contribution in [-0.2, 0) is 23.9 Å². The van der Waals surface area contributed by atoms with Crippen molar-refractivity contribution in [3.63, 3.8) is 0 Å². The molecular weight excluding hydrogens is 260 g/mol. The van der Waals surface area contributed by atoms with Crippen LogP contribution in [0.2, 0.25) is 0 Å². The van der Waals surface area contributed by atoms with Gasteiger partial charge in [-0.2, -0.15) is 0 Å². The number of Topliss-reactive ketones (excluding diaryl/α,β-unsaturated/α-hetero) is 1. The van der Waals surface area contributed by atoms with E-state index < -0.39 is 22.7 Å². The molecule has 1 aliphatic carbocycles. The van der Waals surface area contributed by atoms with E-state index in [1.165, 1.54) is 7.11 Å². The lowest BCUT2D eigenvalue weighted by molar-refractivity contribution is -0.159. The Balaban J connectivity index is 2.89. The fraction of sp³-hybridized carbons (Fsp3) is 0.750. The molecule has 2 atom stereocenters. The van der Waals surface area contributed by atoms with Gasteiger partial charge >= 0.3 is 11.9 Å². The number of hydrogen-bond donors (Lipinski definition) is 0. The first kappa shape index (κ1) is 15.0. The molecule has 0 aromatic heterocycles. The average molecular weight is 277 g/mol. The Morgan fingerprint density at radius 2 is 2.17 bits per heavy atom. The predicted molar refractivity (Wildman–Crippen MR) is 64.2 cm³/mol. The van der Waals surface area contributed by atoms with Gasteiger partial charge in [-0.05, 0) is 26.2 Å². The highest BCUT2D eigenvalue weighted by atomic mass is 35.5. The Bertz CT molecular complexity index is 354. The maximum atomic E-state index is 12.0. The van der Waals surface area contributed by atoms with Crippen molar-refractivity contribution in [2.45, 2.75) is 38.0 Å². The third-order valence-corrected chi connectivity index (χ3v) is 3.52. The Morgan fingerprint density at radius 3 is 2.61 bits per heavy atom. The molecule has 0 aromatic rings. The number of methoxy groups -OCH3 is 1. The molecule has 0 heterocycles. The number of hydrogen-bond acceptors (Lipinski definition) is 5. The van der Waals surface area contributed by atoms with Crippen LogP contribution in [0.3, 0.4) is 0 Å². The number of rotatable bonds is 5. The summed E-state index contributed by atoms with van der Waals surface area (Å²) in [7, 11) is 1.21. The zero-order valence-electron chi connectivity index (χ0n) is 10.5. The molecule has 0 bridgehead atoms. The lowest BCUT2D eigenvalue weighted by atomic mass is 9.80. The van der Waals surface area contributed by atoms with Crippen LogP contribution in [0.15, 0.2) is 0 Å². The van der Waals surface area contributed by atoms with E-state index in [0.717, 1.165) is 0 Å². The summed E-state index contributed by atoms with van der Waals surface area (Å²) in [6.45, 7) is 1.86. The topological polar surface area (TPSA) is 69.7 Å². The Labute approximate surface area is 111 Å². The zero-order valence-corrected chi connectivity index (χ0v) is 11.3. The van der Waals surface area contributed by atoms with Crippen molar-refractivity contribution in [3.05, 3.63) is 0 Å². The number of ketones is 1. The predicted octanol–water partition coefficient (Wildman–Crippen LogP) is 1.46. The minimum Gasteiger partial charge on any atom is -0.468 e. The first-order valence-electron chi connectivity index (χ1n) is 5.90. The van der Waals surface area contributed by atoms with E-state index in [2.05, 4.69) is 4.74 Å². The average Bonchev–Trinajstić information content (AvgIpc) is 2.71. The summed E-state index contributed by atoms with van der Waals surface area (Å²) in [5.74, 6) is -1.42. The molecule has 18 heavy (non-hydrogen) atoms. The highest BCUT2D eigenvalue weighted by molar-refractivity contribution is 6.30. The molecule has 1 aliphatic rings. The van der Waals surface area contributed by atoms with Gasteiger partial charge in [0.2, 0.25) is 0 Å². The van der Waals surface area contributed by atoms with Crippen molar-refractivity contribution in [1.29, 1.82) is 0 Å². The van der Waals surface area contributed by atoms with Gasteiger partial charge in [-0.1, -0.05) is 0 Å². The van der Waals surface area contributed by atoms with Gasteiger partial charge in [0.25, 0.3) is 0 Å². The number of esters is 2. The second kappa shape index (κ2) is 6.18. The Hall–Kier alpha value is -1.10. The second-order valence-electron chi connectivity index (χ2n) is 4.27. The quantitative estimate of drug-likeness (QED) is 0.432. The van der Waals surface area contributed by atoms with Gasteiger partial charge in [-0.3, -0.25) is 14.4 Å². The molecule has 0 aromatic carbocycles. The molecule has 1 rings (SSSR count). The first-order chi connectivity index (χ1) is 8.47. The summed E-state index contributed by atoms with van der Waals surface area (Å²) in [5.41, 5.74) is -1.27. The molecule has 0 saturated heterocycles. The van der Waals surface area contributed by atoms with Gasteiger partial charge in [0, 0.05) is 6.42 Å². The van der Waals surface area contributed by atoms with Gasteiger partial charge < -0.3 is 9.47 Å². The lowest BCUT2D eigenvalue weighted by Gasteiger charge is -2.26. The van der Waals surface area contributed by atoms with Crippen molar-refractivity contribution in [2.24, 2.45) is 5.41 Å². The van der Waals surface area contributed by atoms with Crippen molar-refractivity contribution in [3.8, 4) is 0 Å². The molecule has 1 fully saturated rings. The van der Waals surface area contributed by atoms with Crippen LogP contribution in [-0.4, -0.2) is 36.8 Å². The number of carbonyl (C=O) groups excluding carboxylic acids is 3. The highest BCUT2D eigenvalue weighted by Crippen LogP contribution is 2.41. The van der Waals surface area contributed by atoms with Gasteiger partial charge in [-0.25, -0.2) is 0 Å². The smallest absolute Gasteiger partial charge is 0.323 e. The molecule has 102 valence electrons. The van der Waals surface area contributed by atoms with E-state index in [9.17, 15) is 14.4 Å². The molecule has 0 radical (unpaired) electrons. The SMILES string of the molecule is CCOC(=O)C1(CC(Cl)C(=O)OC)CCCC1=O. The molecular formula is C12H17ClO5. The lowest BCUT2D eigenvalue weighted by Crippen LogP contribution is -2.40. The van der Waals surface area contributed by atoms with Gasteiger partial charge in [0.1, 0.15) is 16.6 Å². The van der Waals surface area contributed by atoms with Crippen molar-refractivity contribution in [2.75, 3.05) is 13.7 Å². The maximum Gasteiger partial charge on any atom is 0.323 e. The summed E-state index contributed by atoms with van der Waals surface area (Å²) in [6.07, 6.45) is 1.26. The van der Waals surface area contributed by atoms with E-state index in [-0.39, 0.29) is 18.8 Å². The Kier molecular flexibility index (Phi) is 5.14. The number of alkyl halides is 1. The van der Waals surface area contributed by atoms with Crippen LogP contribution in [0.25, 0.3) is 0 Å². The number of ether oxygens (including phenoxy) is 2. The van der Waals surface area contributed by atoms with Gasteiger partial charge in [0.05, 0.1) is 13.7 Å². The van der Waals surface area contributed by atoms with E-state index in [1.54, 1.807) is 6.92 Å². The van der Waals surface area contributed by atoms with Crippen LogP contribution in [0.1, 0.15) is 32.6 Å². The molecule has 0 N–H and O–H groups in total. The number of halogens is 1. The van der Waals surface area contributed by atoms with E-state index in [4.69, 9.17) is 16.3 Å². The fourth-order valence-corrected chi connectivity index (χ4v) is 2.58. The number of carbonyl (C=O) groups is 3. The van der Waals surface area contributed by atoms with E-state index >= 15 is 0 Å². The third-order valence-electron chi connectivity index (χ3n) is 3.19. The summed E-state index contributed by atoms with van der Waals surface area (Å²) in [4.78, 5) is 35.2. The summed E-state index contributed by atoms with van der Waals surface area (Å²) < 4.78 is 9.45. The molecule has 6 heteroatoms. The van der Waals surface area contributed by atoms with Crippen molar-refractivity contribution in [1.82, 2.24) is 0 Å². The highest BCUT2D eigenvalue weighted by Gasteiger charge is 2.51. The first-order valence-corrected chi connectivity index (χ1v) is 6.34. The molecule has 0 aliphatic heterocycles. The van der Waals surface area contributed by atoms with Crippen LogP contribution >= 0.6 is 11.6 Å². The van der Waals surface area contributed by atoms with Gasteiger partial charge in [-0.15, -0.1) is 11.6 Å². The molecule has 0 spiro atoms. The van der Waals surface area contributed by atoms with Crippen LogP contribution in [0.5, 0.6) is 0 Å².